The largest absolute Gasteiger partial charge is 0.495 e. The van der Waals surface area contributed by atoms with Crippen LogP contribution in [0.4, 0.5) is 5.69 Å². The van der Waals surface area contributed by atoms with Crippen molar-refractivity contribution in [1.82, 2.24) is 0 Å². The zero-order valence-electron chi connectivity index (χ0n) is 10.4. The van der Waals surface area contributed by atoms with Crippen LogP contribution in [0.15, 0.2) is 24.3 Å². The Morgan fingerprint density at radius 3 is 2.65 bits per heavy atom. The van der Waals surface area contributed by atoms with Gasteiger partial charge in [-0.15, -0.1) is 0 Å². The molecule has 0 aromatic heterocycles. The van der Waals surface area contributed by atoms with Crippen LogP contribution in [0.3, 0.4) is 0 Å². The van der Waals surface area contributed by atoms with Gasteiger partial charge in [-0.2, -0.15) is 5.26 Å². The first-order chi connectivity index (χ1) is 8.21. The first kappa shape index (κ1) is 11.8. The van der Waals surface area contributed by atoms with Crippen molar-refractivity contribution in [3.63, 3.8) is 0 Å². The monoisotopic (exact) mass is 230 g/mol. The van der Waals surface area contributed by atoms with Crippen LogP contribution in [0.2, 0.25) is 0 Å². The van der Waals surface area contributed by atoms with Crippen LogP contribution >= 0.6 is 0 Å². The third-order valence-electron chi connectivity index (χ3n) is 3.58. The number of benzene rings is 1. The topological polar surface area (TPSA) is 36.3 Å². The zero-order valence-corrected chi connectivity index (χ0v) is 10.4. The molecule has 17 heavy (non-hydrogen) atoms. The maximum atomic E-state index is 9.25. The minimum Gasteiger partial charge on any atom is -0.495 e. The number of nitriles is 1. The van der Waals surface area contributed by atoms with Gasteiger partial charge in [-0.1, -0.05) is 18.6 Å². The maximum absolute atomic E-state index is 9.25. The van der Waals surface area contributed by atoms with Crippen molar-refractivity contribution in [1.29, 1.82) is 5.26 Å². The molecule has 1 fully saturated rings. The van der Waals surface area contributed by atoms with Crippen LogP contribution in [-0.2, 0) is 0 Å². The molecule has 1 aromatic rings. The van der Waals surface area contributed by atoms with Crippen molar-refractivity contribution in [2.45, 2.75) is 19.3 Å². The lowest BCUT2D eigenvalue weighted by Gasteiger charge is -2.39. The molecule has 0 saturated heterocycles. The average Bonchev–Trinajstić information content (AvgIpc) is 2.33. The number of rotatable bonds is 4. The Kier molecular flexibility index (Phi) is 3.23. The van der Waals surface area contributed by atoms with Crippen molar-refractivity contribution in [3.05, 3.63) is 24.3 Å². The molecule has 0 aliphatic heterocycles. The summed E-state index contributed by atoms with van der Waals surface area (Å²) in [6.45, 7) is 0.782. The highest BCUT2D eigenvalue weighted by Gasteiger charge is 2.38. The van der Waals surface area contributed by atoms with Crippen molar-refractivity contribution in [3.8, 4) is 11.8 Å². The Hall–Kier alpha value is -1.69. The predicted octanol–water partition coefficient (Wildman–Crippen LogP) is 2.83. The summed E-state index contributed by atoms with van der Waals surface area (Å²) >= 11 is 0. The van der Waals surface area contributed by atoms with E-state index >= 15 is 0 Å². The van der Waals surface area contributed by atoms with Crippen LogP contribution < -0.4 is 9.64 Å². The standard InChI is InChI=1S/C14H18N2O/c1-16(11-14(10-15)8-5-9-14)12-6-3-4-7-13(12)17-2/h3-4,6-7H,5,8-9,11H2,1-2H3. The molecule has 0 atom stereocenters. The second-order valence-electron chi connectivity index (χ2n) is 4.77. The molecule has 0 N–H and O–H groups in total. The third kappa shape index (κ3) is 2.21. The van der Waals surface area contributed by atoms with Gasteiger partial charge in [0, 0.05) is 13.6 Å². The summed E-state index contributed by atoms with van der Waals surface area (Å²) in [7, 11) is 3.70. The lowest BCUT2D eigenvalue weighted by Crippen LogP contribution is -2.39. The lowest BCUT2D eigenvalue weighted by molar-refractivity contribution is 0.222. The van der Waals surface area contributed by atoms with E-state index in [0.717, 1.165) is 30.8 Å². The molecule has 0 bridgehead atoms. The first-order valence-corrected chi connectivity index (χ1v) is 5.96. The summed E-state index contributed by atoms with van der Waals surface area (Å²) in [6.07, 6.45) is 3.21. The fourth-order valence-corrected chi connectivity index (χ4v) is 2.39. The summed E-state index contributed by atoms with van der Waals surface area (Å²) < 4.78 is 5.34. The van der Waals surface area contributed by atoms with Gasteiger partial charge in [0.05, 0.1) is 24.3 Å². The smallest absolute Gasteiger partial charge is 0.142 e. The van der Waals surface area contributed by atoms with E-state index < -0.39 is 0 Å². The number of para-hydroxylation sites is 2. The van der Waals surface area contributed by atoms with Gasteiger partial charge in [0.1, 0.15) is 5.75 Å². The average molecular weight is 230 g/mol. The van der Waals surface area contributed by atoms with E-state index in [0.29, 0.717) is 0 Å². The molecule has 2 rings (SSSR count). The molecule has 0 spiro atoms. The van der Waals surface area contributed by atoms with E-state index in [4.69, 9.17) is 4.74 Å². The molecule has 0 radical (unpaired) electrons. The van der Waals surface area contributed by atoms with Gasteiger partial charge in [0.15, 0.2) is 0 Å². The predicted molar refractivity (Wildman–Crippen MR) is 68.2 cm³/mol. The van der Waals surface area contributed by atoms with Crippen molar-refractivity contribution in [2.75, 3.05) is 25.6 Å². The SMILES string of the molecule is COc1ccccc1N(C)CC1(C#N)CCC1. The highest BCUT2D eigenvalue weighted by atomic mass is 16.5. The fraction of sp³-hybridized carbons (Fsp3) is 0.500. The summed E-state index contributed by atoms with van der Waals surface area (Å²) in [5.41, 5.74) is 0.909. The van der Waals surface area contributed by atoms with Gasteiger partial charge in [-0.05, 0) is 25.0 Å². The van der Waals surface area contributed by atoms with E-state index in [2.05, 4.69) is 11.0 Å². The van der Waals surface area contributed by atoms with Crippen LogP contribution in [0, 0.1) is 16.7 Å². The van der Waals surface area contributed by atoms with Crippen LogP contribution in [0.1, 0.15) is 19.3 Å². The molecule has 0 heterocycles. The highest BCUT2D eigenvalue weighted by molar-refractivity contribution is 5.58. The summed E-state index contributed by atoms with van der Waals surface area (Å²) in [5, 5.41) is 9.25. The van der Waals surface area contributed by atoms with Gasteiger partial charge in [0.25, 0.3) is 0 Å². The highest BCUT2D eigenvalue weighted by Crippen LogP contribution is 2.42. The van der Waals surface area contributed by atoms with E-state index in [1.807, 2.05) is 31.3 Å². The van der Waals surface area contributed by atoms with Crippen LogP contribution in [-0.4, -0.2) is 20.7 Å². The van der Waals surface area contributed by atoms with E-state index in [-0.39, 0.29) is 5.41 Å². The minimum absolute atomic E-state index is 0.143. The molecule has 90 valence electrons. The summed E-state index contributed by atoms with van der Waals surface area (Å²) in [5.74, 6) is 0.863. The molecule has 1 aliphatic rings. The van der Waals surface area contributed by atoms with Gasteiger partial charge >= 0.3 is 0 Å². The Balaban J connectivity index is 2.14. The van der Waals surface area contributed by atoms with Gasteiger partial charge in [-0.25, -0.2) is 0 Å². The van der Waals surface area contributed by atoms with Gasteiger partial charge in [-0.3, -0.25) is 0 Å². The number of ether oxygens (including phenoxy) is 1. The van der Waals surface area contributed by atoms with Crippen LogP contribution in [0.5, 0.6) is 5.75 Å². The van der Waals surface area contributed by atoms with E-state index in [9.17, 15) is 5.26 Å². The Labute approximate surface area is 103 Å². The normalized spacial score (nSPS) is 16.8. The molecule has 1 saturated carbocycles. The molecule has 1 aromatic carbocycles. The Bertz CT molecular complexity index is 432. The number of methoxy groups -OCH3 is 1. The van der Waals surface area contributed by atoms with Crippen LogP contribution in [0.25, 0.3) is 0 Å². The van der Waals surface area contributed by atoms with Crippen molar-refractivity contribution >= 4 is 5.69 Å². The van der Waals surface area contributed by atoms with Crippen molar-refractivity contribution in [2.24, 2.45) is 5.41 Å². The lowest BCUT2D eigenvalue weighted by atomic mass is 9.69. The quantitative estimate of drug-likeness (QED) is 0.798. The van der Waals surface area contributed by atoms with Gasteiger partial charge < -0.3 is 9.64 Å². The molecule has 3 nitrogen and oxygen atoms in total. The first-order valence-electron chi connectivity index (χ1n) is 5.96. The van der Waals surface area contributed by atoms with Crippen molar-refractivity contribution < 1.29 is 4.74 Å². The zero-order chi connectivity index (χ0) is 12.3. The van der Waals surface area contributed by atoms with E-state index in [1.54, 1.807) is 7.11 Å². The molecule has 1 aliphatic carbocycles. The summed E-state index contributed by atoms with van der Waals surface area (Å²) in [6, 6.07) is 10.4. The Morgan fingerprint density at radius 1 is 1.41 bits per heavy atom. The molecular weight excluding hydrogens is 212 g/mol. The summed E-state index contributed by atoms with van der Waals surface area (Å²) in [4.78, 5) is 2.13. The number of hydrogen-bond donors (Lipinski definition) is 0. The second-order valence-corrected chi connectivity index (χ2v) is 4.77. The molecule has 0 unspecified atom stereocenters. The maximum Gasteiger partial charge on any atom is 0.142 e. The van der Waals surface area contributed by atoms with Gasteiger partial charge in [0.2, 0.25) is 0 Å². The number of anilines is 1. The Morgan fingerprint density at radius 2 is 2.12 bits per heavy atom. The second kappa shape index (κ2) is 4.67. The molecular formula is C14H18N2O. The number of hydrogen-bond acceptors (Lipinski definition) is 3. The number of nitrogens with zero attached hydrogens (tertiary/aromatic N) is 2. The molecule has 0 amide bonds. The third-order valence-corrected chi connectivity index (χ3v) is 3.58. The van der Waals surface area contributed by atoms with E-state index in [1.165, 1.54) is 6.42 Å². The fourth-order valence-electron chi connectivity index (χ4n) is 2.39. The molecule has 3 heteroatoms. The minimum atomic E-state index is -0.143.